The van der Waals surface area contributed by atoms with Gasteiger partial charge >= 0.3 is 0 Å². The van der Waals surface area contributed by atoms with E-state index in [1.165, 1.54) is 12.0 Å². The molecule has 1 N–H and O–H groups in total. The molecule has 2 rings (SSSR count). The number of nitrogens with one attached hydrogen (secondary N) is 1. The molecule has 3 heteroatoms. The van der Waals surface area contributed by atoms with Crippen LogP contribution in [0.4, 0.5) is 0 Å². The molecule has 0 amide bonds. The summed E-state index contributed by atoms with van der Waals surface area (Å²) < 4.78 is 0. The van der Waals surface area contributed by atoms with E-state index >= 15 is 0 Å². The maximum absolute atomic E-state index is 10.5. The zero-order valence-electron chi connectivity index (χ0n) is 7.36. The van der Waals surface area contributed by atoms with E-state index in [1.807, 2.05) is 12.1 Å². The summed E-state index contributed by atoms with van der Waals surface area (Å²) in [5, 5.41) is 3.38. The number of aldehydes is 1. The smallest absolute Gasteiger partial charge is 0.168 e. The van der Waals surface area contributed by atoms with Gasteiger partial charge in [0.05, 0.1) is 0 Å². The van der Waals surface area contributed by atoms with Gasteiger partial charge < -0.3 is 5.32 Å². The summed E-state index contributed by atoms with van der Waals surface area (Å²) in [7, 11) is 0. The first kappa shape index (κ1) is 8.38. The van der Waals surface area contributed by atoms with Crippen molar-refractivity contribution in [3.05, 3.63) is 29.6 Å². The van der Waals surface area contributed by atoms with Crippen LogP contribution in [0.1, 0.15) is 34.9 Å². The van der Waals surface area contributed by atoms with Crippen molar-refractivity contribution < 1.29 is 4.79 Å². The van der Waals surface area contributed by atoms with Crippen LogP contribution >= 0.6 is 0 Å². The van der Waals surface area contributed by atoms with Crippen LogP contribution in [0.15, 0.2) is 18.3 Å². The van der Waals surface area contributed by atoms with Crippen molar-refractivity contribution in [2.45, 2.75) is 18.9 Å². The Balaban J connectivity index is 2.23. The minimum absolute atomic E-state index is 0.418. The van der Waals surface area contributed by atoms with Gasteiger partial charge in [0.15, 0.2) is 6.29 Å². The molecule has 1 aliphatic rings. The van der Waals surface area contributed by atoms with Crippen LogP contribution < -0.4 is 5.32 Å². The zero-order valence-corrected chi connectivity index (χ0v) is 7.36. The molecule has 0 aromatic carbocycles. The standard InChI is InChI=1S/C10H12N2O/c13-7-9-6-8(3-5-11-9)10-2-1-4-12-10/h3,5-7,10,12H,1-2,4H2. The van der Waals surface area contributed by atoms with Gasteiger partial charge in [0.2, 0.25) is 0 Å². The predicted octanol–water partition coefficient (Wildman–Crippen LogP) is 1.32. The average molecular weight is 176 g/mol. The van der Waals surface area contributed by atoms with Crippen LogP contribution in [-0.4, -0.2) is 17.8 Å². The van der Waals surface area contributed by atoms with Crippen LogP contribution in [0.5, 0.6) is 0 Å². The van der Waals surface area contributed by atoms with Crippen LogP contribution in [-0.2, 0) is 0 Å². The molecule has 1 saturated heterocycles. The Morgan fingerprint density at radius 1 is 1.62 bits per heavy atom. The quantitative estimate of drug-likeness (QED) is 0.691. The number of rotatable bonds is 2. The number of hydrogen-bond acceptors (Lipinski definition) is 3. The third-order valence-electron chi connectivity index (χ3n) is 2.39. The molecule has 0 spiro atoms. The summed E-state index contributed by atoms with van der Waals surface area (Å²) in [6, 6.07) is 4.24. The lowest BCUT2D eigenvalue weighted by atomic mass is 10.1. The highest BCUT2D eigenvalue weighted by Crippen LogP contribution is 2.22. The molecule has 13 heavy (non-hydrogen) atoms. The fourth-order valence-electron chi connectivity index (χ4n) is 1.72. The van der Waals surface area contributed by atoms with Gasteiger partial charge in [-0.2, -0.15) is 0 Å². The Hall–Kier alpha value is -1.22. The number of carbonyl (C=O) groups excluding carboxylic acids is 1. The van der Waals surface area contributed by atoms with Gasteiger partial charge in [-0.25, -0.2) is 0 Å². The summed E-state index contributed by atoms with van der Waals surface area (Å²) in [4.78, 5) is 14.4. The number of pyridine rings is 1. The molecule has 0 aliphatic carbocycles. The lowest BCUT2D eigenvalue weighted by Gasteiger charge is -2.09. The van der Waals surface area contributed by atoms with Crippen LogP contribution in [0.2, 0.25) is 0 Å². The molecule has 1 fully saturated rings. The Labute approximate surface area is 77.2 Å². The van der Waals surface area contributed by atoms with E-state index in [1.54, 1.807) is 6.20 Å². The maximum Gasteiger partial charge on any atom is 0.168 e. The summed E-state index contributed by atoms with van der Waals surface area (Å²) in [6.07, 6.45) is 4.85. The number of nitrogens with zero attached hydrogens (tertiary/aromatic N) is 1. The molecule has 0 radical (unpaired) electrons. The number of aromatic nitrogens is 1. The molecule has 1 aromatic heterocycles. The molecule has 2 heterocycles. The summed E-state index contributed by atoms with van der Waals surface area (Å²) >= 11 is 0. The summed E-state index contributed by atoms with van der Waals surface area (Å²) in [6.45, 7) is 1.07. The highest BCUT2D eigenvalue weighted by Gasteiger charge is 2.15. The van der Waals surface area contributed by atoms with Crippen molar-refractivity contribution in [1.29, 1.82) is 0 Å². The Morgan fingerprint density at radius 3 is 3.23 bits per heavy atom. The second-order valence-corrected chi connectivity index (χ2v) is 3.28. The van der Waals surface area contributed by atoms with Gasteiger partial charge in [-0.05, 0) is 37.1 Å². The second-order valence-electron chi connectivity index (χ2n) is 3.28. The van der Waals surface area contributed by atoms with E-state index in [0.717, 1.165) is 19.3 Å². The molecule has 1 aromatic rings. The fraction of sp³-hybridized carbons (Fsp3) is 0.400. The van der Waals surface area contributed by atoms with Crippen molar-refractivity contribution in [3.63, 3.8) is 0 Å². The van der Waals surface area contributed by atoms with Gasteiger partial charge in [-0.3, -0.25) is 9.78 Å². The maximum atomic E-state index is 10.5. The zero-order chi connectivity index (χ0) is 9.10. The Kier molecular flexibility index (Phi) is 2.36. The van der Waals surface area contributed by atoms with Crippen molar-refractivity contribution >= 4 is 6.29 Å². The minimum Gasteiger partial charge on any atom is -0.310 e. The van der Waals surface area contributed by atoms with E-state index in [4.69, 9.17) is 0 Å². The SMILES string of the molecule is O=Cc1cc(C2CCCN2)ccn1. The van der Waals surface area contributed by atoms with Crippen LogP contribution in [0.3, 0.4) is 0 Å². The average Bonchev–Trinajstić information content (AvgIpc) is 2.71. The van der Waals surface area contributed by atoms with Gasteiger partial charge in [-0.15, -0.1) is 0 Å². The lowest BCUT2D eigenvalue weighted by Crippen LogP contribution is -2.13. The molecule has 3 nitrogen and oxygen atoms in total. The lowest BCUT2D eigenvalue weighted by molar-refractivity contribution is 0.111. The Bertz CT molecular complexity index is 306. The van der Waals surface area contributed by atoms with Crippen molar-refractivity contribution in [1.82, 2.24) is 10.3 Å². The van der Waals surface area contributed by atoms with Gasteiger partial charge in [0.25, 0.3) is 0 Å². The van der Waals surface area contributed by atoms with Gasteiger partial charge in [0.1, 0.15) is 5.69 Å². The third kappa shape index (κ3) is 1.75. The van der Waals surface area contributed by atoms with E-state index in [-0.39, 0.29) is 0 Å². The van der Waals surface area contributed by atoms with Gasteiger partial charge in [-0.1, -0.05) is 0 Å². The molecule has 1 atom stereocenters. The fourth-order valence-corrected chi connectivity index (χ4v) is 1.72. The number of carbonyl (C=O) groups is 1. The molecular formula is C10H12N2O. The summed E-state index contributed by atoms with van der Waals surface area (Å²) in [5.74, 6) is 0. The predicted molar refractivity (Wildman–Crippen MR) is 49.6 cm³/mol. The minimum atomic E-state index is 0.418. The molecule has 0 saturated carbocycles. The molecule has 68 valence electrons. The van der Waals surface area contributed by atoms with Gasteiger partial charge in [0, 0.05) is 12.2 Å². The third-order valence-corrected chi connectivity index (χ3v) is 2.39. The first-order valence-electron chi connectivity index (χ1n) is 4.54. The molecule has 1 aliphatic heterocycles. The first-order chi connectivity index (χ1) is 6.40. The van der Waals surface area contributed by atoms with Crippen LogP contribution in [0.25, 0.3) is 0 Å². The normalized spacial score (nSPS) is 21.7. The second kappa shape index (κ2) is 3.66. The largest absolute Gasteiger partial charge is 0.310 e. The number of hydrogen-bond donors (Lipinski definition) is 1. The van der Waals surface area contributed by atoms with E-state index in [0.29, 0.717) is 11.7 Å². The topological polar surface area (TPSA) is 42.0 Å². The van der Waals surface area contributed by atoms with E-state index in [9.17, 15) is 4.79 Å². The monoisotopic (exact) mass is 176 g/mol. The van der Waals surface area contributed by atoms with E-state index in [2.05, 4.69) is 10.3 Å². The van der Waals surface area contributed by atoms with E-state index < -0.39 is 0 Å². The van der Waals surface area contributed by atoms with Crippen molar-refractivity contribution in [3.8, 4) is 0 Å². The highest BCUT2D eigenvalue weighted by atomic mass is 16.1. The Morgan fingerprint density at radius 2 is 2.54 bits per heavy atom. The van der Waals surface area contributed by atoms with Crippen molar-refractivity contribution in [2.24, 2.45) is 0 Å². The summed E-state index contributed by atoms with van der Waals surface area (Å²) in [5.41, 5.74) is 1.70. The molecule has 0 bridgehead atoms. The highest BCUT2D eigenvalue weighted by molar-refractivity contribution is 5.71. The van der Waals surface area contributed by atoms with Crippen LogP contribution in [0, 0.1) is 0 Å². The molecular weight excluding hydrogens is 164 g/mol. The molecule has 1 unspecified atom stereocenters. The van der Waals surface area contributed by atoms with Crippen molar-refractivity contribution in [2.75, 3.05) is 6.54 Å². The first-order valence-corrected chi connectivity index (χ1v) is 4.54.